The molecule has 0 unspecified atom stereocenters. The molecule has 1 aliphatic rings. The number of rotatable bonds is 6. The quantitative estimate of drug-likeness (QED) is 0.518. The number of carboxylic acid groups (broad SMARTS) is 1. The zero-order chi connectivity index (χ0) is 12.8. The number of esters is 1. The van der Waals surface area contributed by atoms with Gasteiger partial charge in [-0.1, -0.05) is 0 Å². The molecule has 0 atom stereocenters. The maximum atomic E-state index is 11.2. The second-order valence-corrected chi connectivity index (χ2v) is 3.64. The highest BCUT2D eigenvalue weighted by atomic mass is 16.5. The van der Waals surface area contributed by atoms with Crippen LogP contribution in [-0.4, -0.2) is 60.3 Å². The topological polar surface area (TPSA) is 93.1 Å². The first-order valence-corrected chi connectivity index (χ1v) is 5.29. The summed E-state index contributed by atoms with van der Waals surface area (Å²) in [5, 5.41) is 8.55. The summed E-state index contributed by atoms with van der Waals surface area (Å²) in [4.78, 5) is 33.8. The van der Waals surface area contributed by atoms with Crippen LogP contribution in [0.15, 0.2) is 0 Å². The Morgan fingerprint density at radius 2 is 2.00 bits per heavy atom. The lowest BCUT2D eigenvalue weighted by Gasteiger charge is -2.36. The van der Waals surface area contributed by atoms with Gasteiger partial charge in [-0.3, -0.25) is 9.59 Å². The van der Waals surface area contributed by atoms with Crippen molar-refractivity contribution in [2.24, 2.45) is 0 Å². The number of likely N-dealkylation sites (tertiary alicyclic amines) is 1. The van der Waals surface area contributed by atoms with Gasteiger partial charge < -0.3 is 19.5 Å². The number of Topliss-reactive ketones (excluding diaryl/α,β-unsaturated/α-hetero) is 1. The Labute approximate surface area is 98.3 Å². The number of amides is 1. The van der Waals surface area contributed by atoms with Gasteiger partial charge in [-0.15, -0.1) is 0 Å². The fraction of sp³-hybridized carbons (Fsp3) is 0.700. The zero-order valence-corrected chi connectivity index (χ0v) is 9.55. The zero-order valence-electron chi connectivity index (χ0n) is 9.55. The number of nitrogens with zero attached hydrogens (tertiary/aromatic N) is 1. The Kier molecular flexibility index (Phi) is 4.89. The van der Waals surface area contributed by atoms with E-state index in [9.17, 15) is 14.4 Å². The van der Waals surface area contributed by atoms with Crippen molar-refractivity contribution in [2.45, 2.75) is 19.4 Å². The number of carbonyl (C=O) groups is 3. The third-order valence-corrected chi connectivity index (χ3v) is 2.25. The summed E-state index contributed by atoms with van der Waals surface area (Å²) in [7, 11) is 0. The molecule has 0 aromatic carbocycles. The van der Waals surface area contributed by atoms with Gasteiger partial charge in [0, 0.05) is 0 Å². The van der Waals surface area contributed by atoms with Gasteiger partial charge >= 0.3 is 12.1 Å². The number of carbonyl (C=O) groups excluding carboxylic acids is 2. The molecule has 1 amide bonds. The van der Waals surface area contributed by atoms with Crippen LogP contribution in [0.2, 0.25) is 0 Å². The SMILES string of the molecule is CCOC(=O)CC(=O)COC1CN(C(=O)O)C1. The minimum absolute atomic E-state index is 0.184. The Morgan fingerprint density at radius 3 is 2.53 bits per heavy atom. The molecular formula is C10H15NO6. The van der Waals surface area contributed by atoms with Crippen molar-refractivity contribution in [3.8, 4) is 0 Å². The lowest BCUT2D eigenvalue weighted by atomic mass is 10.2. The first-order chi connectivity index (χ1) is 8.02. The molecule has 0 aliphatic carbocycles. The normalized spacial score (nSPS) is 15.2. The van der Waals surface area contributed by atoms with E-state index in [4.69, 9.17) is 9.84 Å². The smallest absolute Gasteiger partial charge is 0.407 e. The molecule has 1 rings (SSSR count). The van der Waals surface area contributed by atoms with Gasteiger partial charge in [0.1, 0.15) is 13.0 Å². The molecule has 96 valence electrons. The highest BCUT2D eigenvalue weighted by Crippen LogP contribution is 2.11. The molecule has 17 heavy (non-hydrogen) atoms. The van der Waals surface area contributed by atoms with E-state index in [0.29, 0.717) is 0 Å². The summed E-state index contributed by atoms with van der Waals surface area (Å²) in [6.07, 6.45) is -1.55. The second-order valence-electron chi connectivity index (χ2n) is 3.64. The maximum absolute atomic E-state index is 11.2. The molecule has 0 aromatic heterocycles. The standard InChI is InChI=1S/C10H15NO6/c1-2-16-9(13)3-7(12)6-17-8-4-11(5-8)10(14)15/h8H,2-6H2,1H3,(H,14,15). The van der Waals surface area contributed by atoms with Gasteiger partial charge in [0.05, 0.1) is 25.8 Å². The van der Waals surface area contributed by atoms with Crippen molar-refractivity contribution in [3.05, 3.63) is 0 Å². The fourth-order valence-electron chi connectivity index (χ4n) is 1.33. The molecule has 0 aromatic rings. The van der Waals surface area contributed by atoms with E-state index in [0.717, 1.165) is 0 Å². The van der Waals surface area contributed by atoms with Crippen LogP contribution in [0.4, 0.5) is 4.79 Å². The van der Waals surface area contributed by atoms with Crippen LogP contribution in [0, 0.1) is 0 Å². The lowest BCUT2D eigenvalue weighted by molar-refractivity contribution is -0.147. The molecule has 7 heteroatoms. The van der Waals surface area contributed by atoms with Crippen LogP contribution >= 0.6 is 0 Å². The van der Waals surface area contributed by atoms with Crippen molar-refractivity contribution in [2.75, 3.05) is 26.3 Å². The van der Waals surface area contributed by atoms with Gasteiger partial charge in [-0.2, -0.15) is 0 Å². The summed E-state index contributed by atoms with van der Waals surface area (Å²) >= 11 is 0. The van der Waals surface area contributed by atoms with Crippen LogP contribution in [0.5, 0.6) is 0 Å². The minimum atomic E-state index is -0.997. The van der Waals surface area contributed by atoms with Crippen molar-refractivity contribution in [3.63, 3.8) is 0 Å². The third-order valence-electron chi connectivity index (χ3n) is 2.25. The Hall–Kier alpha value is -1.63. The maximum Gasteiger partial charge on any atom is 0.407 e. The lowest BCUT2D eigenvalue weighted by Crippen LogP contribution is -2.54. The number of hydrogen-bond acceptors (Lipinski definition) is 5. The molecular weight excluding hydrogens is 230 g/mol. The molecule has 7 nitrogen and oxygen atoms in total. The van der Waals surface area contributed by atoms with E-state index in [1.165, 1.54) is 4.90 Å². The predicted octanol–water partition coefficient (Wildman–Crippen LogP) is -0.113. The first kappa shape index (κ1) is 13.4. The van der Waals surface area contributed by atoms with Crippen LogP contribution in [0.1, 0.15) is 13.3 Å². The van der Waals surface area contributed by atoms with Gasteiger partial charge in [0.2, 0.25) is 0 Å². The fourth-order valence-corrected chi connectivity index (χ4v) is 1.33. The molecule has 1 heterocycles. The summed E-state index contributed by atoms with van der Waals surface area (Å²) in [5.41, 5.74) is 0. The third kappa shape index (κ3) is 4.39. The predicted molar refractivity (Wildman–Crippen MR) is 55.6 cm³/mol. The second kappa shape index (κ2) is 6.19. The molecule has 1 aliphatic heterocycles. The van der Waals surface area contributed by atoms with Crippen LogP contribution in [-0.2, 0) is 19.1 Å². The first-order valence-electron chi connectivity index (χ1n) is 5.29. The van der Waals surface area contributed by atoms with Gasteiger partial charge in [-0.25, -0.2) is 4.79 Å². The van der Waals surface area contributed by atoms with E-state index < -0.39 is 12.1 Å². The van der Waals surface area contributed by atoms with E-state index >= 15 is 0 Å². The number of hydrogen-bond donors (Lipinski definition) is 1. The van der Waals surface area contributed by atoms with Crippen molar-refractivity contribution in [1.29, 1.82) is 0 Å². The van der Waals surface area contributed by atoms with E-state index in [-0.39, 0.29) is 44.6 Å². The minimum Gasteiger partial charge on any atom is -0.466 e. The summed E-state index contributed by atoms with van der Waals surface area (Å²) in [6, 6.07) is 0. The summed E-state index contributed by atoms with van der Waals surface area (Å²) < 4.78 is 9.74. The average molecular weight is 245 g/mol. The van der Waals surface area contributed by atoms with Gasteiger partial charge in [0.25, 0.3) is 0 Å². The number of ether oxygens (including phenoxy) is 2. The Balaban J connectivity index is 2.09. The summed E-state index contributed by atoms with van der Waals surface area (Å²) in [5.74, 6) is -0.931. The molecule has 0 radical (unpaired) electrons. The number of ketones is 1. The van der Waals surface area contributed by atoms with Crippen molar-refractivity contribution >= 4 is 17.8 Å². The molecule has 1 N–H and O–H groups in total. The van der Waals surface area contributed by atoms with Crippen LogP contribution in [0.3, 0.4) is 0 Å². The van der Waals surface area contributed by atoms with Crippen LogP contribution in [0.25, 0.3) is 0 Å². The Morgan fingerprint density at radius 1 is 1.35 bits per heavy atom. The molecule has 0 spiro atoms. The van der Waals surface area contributed by atoms with Crippen LogP contribution < -0.4 is 0 Å². The molecule has 0 bridgehead atoms. The molecule has 1 saturated heterocycles. The average Bonchev–Trinajstić information content (AvgIpc) is 2.14. The van der Waals surface area contributed by atoms with Crippen molar-refractivity contribution < 1.29 is 29.0 Å². The highest BCUT2D eigenvalue weighted by Gasteiger charge is 2.31. The van der Waals surface area contributed by atoms with Gasteiger partial charge in [0.15, 0.2) is 5.78 Å². The van der Waals surface area contributed by atoms with Crippen molar-refractivity contribution in [1.82, 2.24) is 4.90 Å². The largest absolute Gasteiger partial charge is 0.466 e. The highest BCUT2D eigenvalue weighted by molar-refractivity contribution is 5.96. The van der Waals surface area contributed by atoms with Gasteiger partial charge in [-0.05, 0) is 6.92 Å². The summed E-state index contributed by atoms with van der Waals surface area (Å²) in [6.45, 7) is 2.25. The Bertz CT molecular complexity index is 310. The van der Waals surface area contributed by atoms with E-state index in [1.807, 2.05) is 0 Å². The molecule has 0 saturated carbocycles. The monoisotopic (exact) mass is 245 g/mol. The molecule has 1 fully saturated rings. The van der Waals surface area contributed by atoms with E-state index in [2.05, 4.69) is 4.74 Å². The van der Waals surface area contributed by atoms with E-state index in [1.54, 1.807) is 6.92 Å².